The van der Waals surface area contributed by atoms with Gasteiger partial charge in [-0.05, 0) is 43.4 Å². The van der Waals surface area contributed by atoms with Crippen LogP contribution >= 0.6 is 0 Å². The van der Waals surface area contributed by atoms with Crippen LogP contribution in [0.25, 0.3) is 11.3 Å². The summed E-state index contributed by atoms with van der Waals surface area (Å²) in [5, 5.41) is 10.7. The molecule has 1 aromatic carbocycles. The summed E-state index contributed by atoms with van der Waals surface area (Å²) < 4.78 is 13.1. The van der Waals surface area contributed by atoms with E-state index in [1.165, 1.54) is 0 Å². The van der Waals surface area contributed by atoms with Crippen LogP contribution in [0.4, 0.5) is 0 Å². The summed E-state index contributed by atoms with van der Waals surface area (Å²) >= 11 is 0. The third-order valence-electron chi connectivity index (χ3n) is 6.63. The van der Waals surface area contributed by atoms with E-state index in [1.54, 1.807) is 20.3 Å². The minimum atomic E-state index is -0.308. The lowest BCUT2D eigenvalue weighted by atomic mass is 10.00. The second-order valence-electron chi connectivity index (χ2n) is 9.97. The van der Waals surface area contributed by atoms with Crippen LogP contribution in [0, 0.1) is 11.8 Å². The van der Waals surface area contributed by atoms with Crippen molar-refractivity contribution in [3.8, 4) is 22.8 Å². The molecule has 0 saturated carbocycles. The van der Waals surface area contributed by atoms with Gasteiger partial charge in [0.15, 0.2) is 5.69 Å². The molecule has 0 fully saturated rings. The molecule has 0 radical (unpaired) electrons. The highest BCUT2D eigenvalue weighted by Crippen LogP contribution is 2.40. The van der Waals surface area contributed by atoms with E-state index in [-0.39, 0.29) is 42.2 Å². The Bertz CT molecular complexity index is 977. The number of aromatic nitrogens is 2. The fourth-order valence-electron chi connectivity index (χ4n) is 3.96. The molecule has 8 heteroatoms. The lowest BCUT2D eigenvalue weighted by Crippen LogP contribution is -2.42. The summed E-state index contributed by atoms with van der Waals surface area (Å²) in [7, 11) is 3.22. The summed E-state index contributed by atoms with van der Waals surface area (Å²) in [4.78, 5) is 25.8. The summed E-state index contributed by atoms with van der Waals surface area (Å²) in [6, 6.07) is 7.08. The molecule has 2 unspecified atom stereocenters. The molecule has 36 heavy (non-hydrogen) atoms. The summed E-state index contributed by atoms with van der Waals surface area (Å²) in [6.07, 6.45) is 3.38. The molecule has 1 aromatic heterocycles. The number of carbonyl (C=O) groups excluding carboxylic acids is 2. The minimum absolute atomic E-state index is 0.0194. The number of hydrogen-bond donors (Lipinski definition) is 2. The fraction of sp³-hybridized carbons (Fsp3) is 0.607. The van der Waals surface area contributed by atoms with Crippen molar-refractivity contribution in [2.75, 3.05) is 20.8 Å². The number of benzene rings is 1. The van der Waals surface area contributed by atoms with Crippen LogP contribution in [0.1, 0.15) is 83.8 Å². The highest BCUT2D eigenvalue weighted by molar-refractivity contribution is 5.94. The van der Waals surface area contributed by atoms with Gasteiger partial charge in [0, 0.05) is 19.0 Å². The van der Waals surface area contributed by atoms with Gasteiger partial charge in [0.2, 0.25) is 5.91 Å². The molecular formula is C28H44N4O4. The molecule has 0 aliphatic rings. The SMILES string of the molecule is CCCCCNC(=O)CC(NC(=O)c1cc(-c2c(OC)cccc2OC)n(C(C)C(C)C)n1)C(C)C. The van der Waals surface area contributed by atoms with E-state index >= 15 is 0 Å². The molecule has 8 nitrogen and oxygen atoms in total. The van der Waals surface area contributed by atoms with Crippen LogP contribution in [0.2, 0.25) is 0 Å². The van der Waals surface area contributed by atoms with Gasteiger partial charge in [-0.15, -0.1) is 0 Å². The molecule has 0 saturated heterocycles. The maximum absolute atomic E-state index is 13.4. The topological polar surface area (TPSA) is 94.5 Å². The number of methoxy groups -OCH3 is 2. The maximum Gasteiger partial charge on any atom is 0.272 e. The van der Waals surface area contributed by atoms with E-state index in [1.807, 2.05) is 36.7 Å². The van der Waals surface area contributed by atoms with Gasteiger partial charge < -0.3 is 20.1 Å². The quantitative estimate of drug-likeness (QED) is 0.346. The second kappa shape index (κ2) is 13.9. The average Bonchev–Trinajstić information content (AvgIpc) is 3.30. The Morgan fingerprint density at radius 2 is 1.64 bits per heavy atom. The van der Waals surface area contributed by atoms with Gasteiger partial charge in [-0.25, -0.2) is 0 Å². The monoisotopic (exact) mass is 500 g/mol. The third-order valence-corrected chi connectivity index (χ3v) is 6.63. The number of nitrogens with zero attached hydrogens (tertiary/aromatic N) is 2. The largest absolute Gasteiger partial charge is 0.496 e. The standard InChI is InChI=1S/C28H44N4O4/c1-9-10-11-15-29-26(33)17-21(19(4)5)30-28(34)22-16-23(32(31-22)20(6)18(2)3)27-24(35-7)13-12-14-25(27)36-8/h12-14,16,18-21H,9-11,15,17H2,1-8H3,(H,29,33)(H,30,34). The molecular weight excluding hydrogens is 456 g/mol. The normalized spacial score (nSPS) is 12.9. The molecule has 2 rings (SSSR count). The molecule has 2 N–H and O–H groups in total. The van der Waals surface area contributed by atoms with Gasteiger partial charge in [-0.1, -0.05) is 53.5 Å². The van der Waals surface area contributed by atoms with Gasteiger partial charge in [-0.2, -0.15) is 5.10 Å². The Morgan fingerprint density at radius 3 is 2.17 bits per heavy atom. The minimum Gasteiger partial charge on any atom is -0.496 e. The van der Waals surface area contributed by atoms with E-state index in [9.17, 15) is 9.59 Å². The highest BCUT2D eigenvalue weighted by atomic mass is 16.5. The van der Waals surface area contributed by atoms with Gasteiger partial charge in [0.05, 0.1) is 31.5 Å². The number of nitrogens with one attached hydrogen (secondary N) is 2. The first-order valence-electron chi connectivity index (χ1n) is 13.0. The Balaban J connectivity index is 2.36. The van der Waals surface area contributed by atoms with Gasteiger partial charge >= 0.3 is 0 Å². The van der Waals surface area contributed by atoms with E-state index in [2.05, 4.69) is 38.3 Å². The number of carbonyl (C=O) groups is 2. The maximum atomic E-state index is 13.4. The number of hydrogen-bond acceptors (Lipinski definition) is 5. The summed E-state index contributed by atoms with van der Waals surface area (Å²) in [6.45, 7) is 13.1. The lowest BCUT2D eigenvalue weighted by Gasteiger charge is -2.22. The molecule has 1 heterocycles. The Morgan fingerprint density at radius 1 is 1.00 bits per heavy atom. The van der Waals surface area contributed by atoms with Crippen LogP contribution < -0.4 is 20.1 Å². The van der Waals surface area contributed by atoms with Crippen molar-refractivity contribution in [2.45, 2.75) is 79.3 Å². The van der Waals surface area contributed by atoms with Gasteiger partial charge in [-0.3, -0.25) is 14.3 Å². The first-order valence-corrected chi connectivity index (χ1v) is 13.0. The zero-order valence-electron chi connectivity index (χ0n) is 23.2. The predicted molar refractivity (Wildman–Crippen MR) is 144 cm³/mol. The number of unbranched alkanes of at least 4 members (excludes halogenated alkanes) is 2. The highest BCUT2D eigenvalue weighted by Gasteiger charge is 2.27. The van der Waals surface area contributed by atoms with Crippen LogP contribution in [0.3, 0.4) is 0 Å². The predicted octanol–water partition coefficient (Wildman–Crippen LogP) is 5.24. The van der Waals surface area contributed by atoms with Crippen molar-refractivity contribution in [1.29, 1.82) is 0 Å². The van der Waals surface area contributed by atoms with E-state index in [0.29, 0.717) is 23.7 Å². The van der Waals surface area contributed by atoms with Crippen LogP contribution in [-0.4, -0.2) is 48.4 Å². The molecule has 2 atom stereocenters. The molecule has 0 bridgehead atoms. The van der Waals surface area contributed by atoms with Gasteiger partial charge in [0.25, 0.3) is 5.91 Å². The van der Waals surface area contributed by atoms with Crippen molar-refractivity contribution in [3.05, 3.63) is 30.0 Å². The number of ether oxygens (including phenoxy) is 2. The second-order valence-corrected chi connectivity index (χ2v) is 9.97. The zero-order chi connectivity index (χ0) is 26.8. The van der Waals surface area contributed by atoms with Crippen LogP contribution in [0.15, 0.2) is 24.3 Å². The van der Waals surface area contributed by atoms with Crippen molar-refractivity contribution in [1.82, 2.24) is 20.4 Å². The first kappa shape index (κ1) is 29.2. The molecule has 0 aliphatic heterocycles. The Kier molecular flexibility index (Phi) is 11.3. The number of amides is 2. The first-order chi connectivity index (χ1) is 17.1. The van der Waals surface area contributed by atoms with Crippen LogP contribution in [0.5, 0.6) is 11.5 Å². The molecule has 2 amide bonds. The van der Waals surface area contributed by atoms with Crippen molar-refractivity contribution in [3.63, 3.8) is 0 Å². The Hall–Kier alpha value is -3.03. The smallest absolute Gasteiger partial charge is 0.272 e. The van der Waals surface area contributed by atoms with Gasteiger partial charge in [0.1, 0.15) is 11.5 Å². The lowest BCUT2D eigenvalue weighted by molar-refractivity contribution is -0.121. The average molecular weight is 501 g/mol. The van der Waals surface area contributed by atoms with E-state index in [4.69, 9.17) is 14.6 Å². The molecule has 0 spiro atoms. The summed E-state index contributed by atoms with van der Waals surface area (Å²) in [5.74, 6) is 1.28. The van der Waals surface area contributed by atoms with Crippen molar-refractivity contribution in [2.24, 2.45) is 11.8 Å². The number of rotatable bonds is 14. The van der Waals surface area contributed by atoms with Crippen molar-refractivity contribution < 1.29 is 19.1 Å². The summed E-state index contributed by atoms with van der Waals surface area (Å²) in [5.41, 5.74) is 1.78. The Labute approximate surface area is 216 Å². The van der Waals surface area contributed by atoms with Crippen molar-refractivity contribution >= 4 is 11.8 Å². The molecule has 0 aliphatic carbocycles. The third kappa shape index (κ3) is 7.48. The zero-order valence-corrected chi connectivity index (χ0v) is 23.2. The molecule has 2 aromatic rings. The van der Waals surface area contributed by atoms with E-state index < -0.39 is 0 Å². The van der Waals surface area contributed by atoms with Crippen LogP contribution in [-0.2, 0) is 4.79 Å². The molecule has 200 valence electrons. The van der Waals surface area contributed by atoms with E-state index in [0.717, 1.165) is 30.5 Å². The fourth-order valence-corrected chi connectivity index (χ4v) is 3.96.